The molecule has 0 fully saturated rings. The molecule has 0 atom stereocenters. The number of amides is 1. The van der Waals surface area contributed by atoms with Crippen LogP contribution >= 0.6 is 23.8 Å². The number of rotatable bonds is 5. The number of hydrogen-bond donors (Lipinski definition) is 2. The maximum atomic E-state index is 11.8. The maximum absolute atomic E-state index is 11.8. The van der Waals surface area contributed by atoms with Crippen LogP contribution in [0.5, 0.6) is 0 Å². The van der Waals surface area contributed by atoms with E-state index in [1.165, 1.54) is 10.9 Å². The van der Waals surface area contributed by atoms with Gasteiger partial charge in [-0.05, 0) is 47.1 Å². The number of anilines is 1. The molecule has 0 spiro atoms. The third-order valence-electron chi connectivity index (χ3n) is 2.74. The number of benzene rings is 1. The van der Waals surface area contributed by atoms with Gasteiger partial charge in [0.15, 0.2) is 5.11 Å². The smallest absolute Gasteiger partial charge is 0.269 e. The van der Waals surface area contributed by atoms with Crippen molar-refractivity contribution in [3.05, 3.63) is 40.9 Å². The van der Waals surface area contributed by atoms with E-state index in [0.717, 1.165) is 5.56 Å². The number of aromatic nitrogens is 4. The predicted octanol–water partition coefficient (Wildman–Crippen LogP) is 2.51. The first-order valence-electron chi connectivity index (χ1n) is 7.26. The Morgan fingerprint density at radius 3 is 2.75 bits per heavy atom. The second-order valence-electron chi connectivity index (χ2n) is 5.39. The fourth-order valence-corrected chi connectivity index (χ4v) is 2.05. The van der Waals surface area contributed by atoms with Gasteiger partial charge in [-0.25, -0.2) is 0 Å². The summed E-state index contributed by atoms with van der Waals surface area (Å²) < 4.78 is 0. The third-order valence-corrected chi connectivity index (χ3v) is 3.20. The van der Waals surface area contributed by atoms with Crippen molar-refractivity contribution in [2.75, 3.05) is 5.32 Å². The van der Waals surface area contributed by atoms with Crippen molar-refractivity contribution in [1.82, 2.24) is 25.5 Å². The van der Waals surface area contributed by atoms with Gasteiger partial charge in [0.25, 0.3) is 5.95 Å². The molecule has 0 saturated heterocycles. The number of hydrogen-bond acceptors (Lipinski definition) is 5. The number of carbonyl (C=O) groups excluding carboxylic acids is 1. The monoisotopic (exact) mass is 364 g/mol. The fraction of sp³-hybridized carbons (Fsp3) is 0.267. The van der Waals surface area contributed by atoms with Crippen LogP contribution in [-0.2, 0) is 11.3 Å². The molecule has 0 aliphatic carbocycles. The molecule has 7 nitrogen and oxygen atoms in total. The molecule has 2 rings (SSSR count). The molecule has 24 heavy (non-hydrogen) atoms. The second-order valence-corrected chi connectivity index (χ2v) is 6.23. The number of nitrogens with zero attached hydrogens (tertiary/aromatic N) is 4. The molecule has 0 saturated carbocycles. The number of halogens is 1. The summed E-state index contributed by atoms with van der Waals surface area (Å²) in [4.78, 5) is 13.3. The summed E-state index contributed by atoms with van der Waals surface area (Å²) in [6.07, 6.45) is 3.03. The van der Waals surface area contributed by atoms with Crippen molar-refractivity contribution in [2.24, 2.45) is 5.92 Å². The summed E-state index contributed by atoms with van der Waals surface area (Å²) in [5.74, 6) is 0.274. The van der Waals surface area contributed by atoms with Crippen molar-refractivity contribution in [1.29, 1.82) is 0 Å². The number of nitrogens with one attached hydrogen (secondary N) is 2. The van der Waals surface area contributed by atoms with Crippen LogP contribution in [0.25, 0.3) is 6.08 Å². The minimum atomic E-state index is -0.364. The molecule has 1 aromatic carbocycles. The van der Waals surface area contributed by atoms with Crippen molar-refractivity contribution in [2.45, 2.75) is 20.4 Å². The first-order valence-corrected chi connectivity index (χ1v) is 8.04. The fourth-order valence-electron chi connectivity index (χ4n) is 1.73. The Balaban J connectivity index is 1.84. The van der Waals surface area contributed by atoms with E-state index in [4.69, 9.17) is 23.8 Å². The minimum absolute atomic E-state index is 0.102. The predicted molar refractivity (Wildman–Crippen MR) is 97.5 cm³/mol. The molecule has 1 aromatic heterocycles. The van der Waals surface area contributed by atoms with Gasteiger partial charge in [0, 0.05) is 11.1 Å². The number of tetrazole rings is 1. The van der Waals surface area contributed by atoms with Gasteiger partial charge in [-0.1, -0.05) is 42.7 Å². The standard InChI is InChI=1S/C15H17ClN6OS/c1-10(2)9-22-20-14(19-21-22)18-15(24)17-13(23)8-5-11-3-6-12(16)7-4-11/h3-8,10H,9H2,1-2H3,(H2,17,18,20,23,24)/b8-5+. The summed E-state index contributed by atoms with van der Waals surface area (Å²) in [6.45, 7) is 4.75. The average molecular weight is 365 g/mol. The van der Waals surface area contributed by atoms with Crippen LogP contribution < -0.4 is 10.6 Å². The molecule has 1 heterocycles. The highest BCUT2D eigenvalue weighted by molar-refractivity contribution is 7.80. The Morgan fingerprint density at radius 1 is 1.38 bits per heavy atom. The number of carbonyl (C=O) groups is 1. The molecular weight excluding hydrogens is 348 g/mol. The Morgan fingerprint density at radius 2 is 2.08 bits per heavy atom. The van der Waals surface area contributed by atoms with Crippen molar-refractivity contribution in [3.63, 3.8) is 0 Å². The molecule has 1 amide bonds. The third kappa shape index (κ3) is 6.05. The summed E-state index contributed by atoms with van der Waals surface area (Å²) in [6, 6.07) is 7.11. The average Bonchev–Trinajstić information content (AvgIpc) is 2.92. The zero-order valence-electron chi connectivity index (χ0n) is 13.2. The Labute approximate surface area is 150 Å². The van der Waals surface area contributed by atoms with Crippen LogP contribution in [0.4, 0.5) is 5.95 Å². The summed E-state index contributed by atoms with van der Waals surface area (Å²) in [7, 11) is 0. The molecule has 126 valence electrons. The van der Waals surface area contributed by atoms with E-state index in [1.807, 2.05) is 13.8 Å². The largest absolute Gasteiger partial charge is 0.299 e. The second kappa shape index (κ2) is 8.51. The Hall–Kier alpha value is -2.32. The van der Waals surface area contributed by atoms with Crippen molar-refractivity contribution in [3.8, 4) is 0 Å². The molecule has 0 bridgehead atoms. The lowest BCUT2D eigenvalue weighted by Gasteiger charge is -2.04. The topological polar surface area (TPSA) is 84.7 Å². The quantitative estimate of drug-likeness (QED) is 0.626. The van der Waals surface area contributed by atoms with Crippen LogP contribution in [0.3, 0.4) is 0 Å². The maximum Gasteiger partial charge on any atom is 0.269 e. The lowest BCUT2D eigenvalue weighted by Crippen LogP contribution is -2.33. The van der Waals surface area contributed by atoms with Crippen molar-refractivity contribution < 1.29 is 4.79 Å². The molecule has 0 radical (unpaired) electrons. The van der Waals surface area contributed by atoms with Crippen LogP contribution in [0.1, 0.15) is 19.4 Å². The molecule has 2 aromatic rings. The van der Waals surface area contributed by atoms with Gasteiger partial charge in [-0.2, -0.15) is 4.80 Å². The molecule has 9 heteroatoms. The lowest BCUT2D eigenvalue weighted by molar-refractivity contribution is -0.115. The van der Waals surface area contributed by atoms with E-state index in [1.54, 1.807) is 30.3 Å². The Bertz CT molecular complexity index is 741. The van der Waals surface area contributed by atoms with Gasteiger partial charge in [0.05, 0.1) is 6.54 Å². The lowest BCUT2D eigenvalue weighted by atomic mass is 10.2. The Kier molecular flexibility index (Phi) is 6.39. The zero-order chi connectivity index (χ0) is 17.5. The summed E-state index contributed by atoms with van der Waals surface area (Å²) in [5.41, 5.74) is 0.853. The van der Waals surface area contributed by atoms with Gasteiger partial charge in [0.2, 0.25) is 5.91 Å². The molecule has 2 N–H and O–H groups in total. The highest BCUT2D eigenvalue weighted by atomic mass is 35.5. The highest BCUT2D eigenvalue weighted by Crippen LogP contribution is 2.10. The molecular formula is C15H17ClN6OS. The minimum Gasteiger partial charge on any atom is -0.299 e. The highest BCUT2D eigenvalue weighted by Gasteiger charge is 2.07. The van der Waals surface area contributed by atoms with Crippen LogP contribution in [-0.4, -0.2) is 31.2 Å². The summed E-state index contributed by atoms with van der Waals surface area (Å²) in [5, 5.41) is 17.8. The van der Waals surface area contributed by atoms with Crippen LogP contribution in [0.2, 0.25) is 5.02 Å². The van der Waals surface area contributed by atoms with Crippen LogP contribution in [0.15, 0.2) is 30.3 Å². The normalized spacial score (nSPS) is 11.0. The first kappa shape index (κ1) is 18.0. The van der Waals surface area contributed by atoms with E-state index in [2.05, 4.69) is 26.0 Å². The first-order chi connectivity index (χ1) is 11.4. The number of thiocarbonyl (C=S) groups is 1. The van der Waals surface area contributed by atoms with Gasteiger partial charge < -0.3 is 0 Å². The van der Waals surface area contributed by atoms with Gasteiger partial charge >= 0.3 is 0 Å². The zero-order valence-corrected chi connectivity index (χ0v) is 14.8. The SMILES string of the molecule is CC(C)Cn1nnc(NC(=S)NC(=O)/C=C/c2ccc(Cl)cc2)n1. The van der Waals surface area contributed by atoms with Gasteiger partial charge in [-0.15, -0.1) is 5.10 Å². The van der Waals surface area contributed by atoms with Crippen LogP contribution in [0, 0.1) is 5.92 Å². The summed E-state index contributed by atoms with van der Waals surface area (Å²) >= 11 is 10.8. The van der Waals surface area contributed by atoms with E-state index in [9.17, 15) is 4.79 Å². The van der Waals surface area contributed by atoms with Gasteiger partial charge in [0.1, 0.15) is 0 Å². The van der Waals surface area contributed by atoms with E-state index >= 15 is 0 Å². The molecule has 0 aliphatic rings. The van der Waals surface area contributed by atoms with Gasteiger partial charge in [-0.3, -0.25) is 15.4 Å². The van der Waals surface area contributed by atoms with E-state index in [-0.39, 0.29) is 17.0 Å². The molecule has 0 aliphatic heterocycles. The van der Waals surface area contributed by atoms with E-state index in [0.29, 0.717) is 17.5 Å². The van der Waals surface area contributed by atoms with E-state index < -0.39 is 0 Å². The van der Waals surface area contributed by atoms with Crippen molar-refractivity contribution >= 4 is 46.9 Å². The molecule has 0 unspecified atom stereocenters.